The first-order valence-corrected chi connectivity index (χ1v) is 12.2. The summed E-state index contributed by atoms with van der Waals surface area (Å²) in [5, 5.41) is 4.24. The Morgan fingerprint density at radius 2 is 1.73 bits per heavy atom. The monoisotopic (exact) mass is 477 g/mol. The van der Waals surface area contributed by atoms with Crippen molar-refractivity contribution in [2.75, 3.05) is 7.11 Å². The third kappa shape index (κ3) is 3.94. The molecule has 170 valence electrons. The number of nitrogens with one attached hydrogen (secondary N) is 1. The van der Waals surface area contributed by atoms with Gasteiger partial charge in [-0.25, -0.2) is 0 Å². The van der Waals surface area contributed by atoms with Crippen LogP contribution in [0.5, 0.6) is 5.75 Å². The van der Waals surface area contributed by atoms with Gasteiger partial charge in [-0.3, -0.25) is 4.40 Å². The van der Waals surface area contributed by atoms with Crippen LogP contribution in [-0.4, -0.2) is 27.1 Å². The van der Waals surface area contributed by atoms with Crippen LogP contribution in [0.15, 0.2) is 54.7 Å². The molecular formula is C27H28ClN3OS. The number of halogens is 1. The molecule has 2 aromatic heterocycles. The smallest absolute Gasteiger partial charge is 0.124 e. The molecule has 1 N–H and O–H groups in total. The lowest BCUT2D eigenvalue weighted by Crippen LogP contribution is -2.30. The Balaban J connectivity index is 1.80. The second-order valence-corrected chi connectivity index (χ2v) is 9.73. The Morgan fingerprint density at radius 3 is 2.39 bits per heavy atom. The van der Waals surface area contributed by atoms with Crippen molar-refractivity contribution in [2.24, 2.45) is 0 Å². The molecule has 4 aromatic rings. The van der Waals surface area contributed by atoms with Crippen LogP contribution in [0.25, 0.3) is 28.0 Å². The molecule has 5 rings (SSSR count). The van der Waals surface area contributed by atoms with Gasteiger partial charge in [0.15, 0.2) is 0 Å². The summed E-state index contributed by atoms with van der Waals surface area (Å²) in [6.07, 6.45) is 5.56. The molecule has 0 aliphatic carbocycles. The molecule has 0 saturated heterocycles. The SMILES string of the molecule is COc1ccc(-c2c3c4n(c(-c5ccc(Cl)cc5)cn4c2C(=S)NC(C)C)CCCC3)cc1. The normalized spacial score (nSPS) is 13.4. The lowest BCUT2D eigenvalue weighted by Gasteiger charge is -2.14. The van der Waals surface area contributed by atoms with E-state index in [1.54, 1.807) is 7.11 Å². The average Bonchev–Trinajstić information content (AvgIpc) is 3.22. The Bertz CT molecular complexity index is 1320. The predicted molar refractivity (Wildman–Crippen MR) is 141 cm³/mol. The number of methoxy groups -OCH3 is 1. The topological polar surface area (TPSA) is 30.6 Å². The summed E-state index contributed by atoms with van der Waals surface area (Å²) in [4.78, 5) is 0.775. The van der Waals surface area contributed by atoms with E-state index in [4.69, 9.17) is 28.6 Å². The molecule has 3 heterocycles. The third-order valence-electron chi connectivity index (χ3n) is 6.29. The highest BCUT2D eigenvalue weighted by Crippen LogP contribution is 2.40. The van der Waals surface area contributed by atoms with Crippen LogP contribution in [0.4, 0.5) is 0 Å². The maximum absolute atomic E-state index is 6.17. The number of ether oxygens (including phenoxy) is 1. The summed E-state index contributed by atoms with van der Waals surface area (Å²) >= 11 is 12.2. The fourth-order valence-corrected chi connectivity index (χ4v) is 5.42. The van der Waals surface area contributed by atoms with E-state index in [1.807, 2.05) is 24.3 Å². The Labute approximate surface area is 205 Å². The molecule has 33 heavy (non-hydrogen) atoms. The van der Waals surface area contributed by atoms with E-state index in [-0.39, 0.29) is 6.04 Å². The molecule has 0 fully saturated rings. The summed E-state index contributed by atoms with van der Waals surface area (Å²) in [6, 6.07) is 16.7. The summed E-state index contributed by atoms with van der Waals surface area (Å²) in [6.45, 7) is 5.23. The number of benzene rings is 2. The van der Waals surface area contributed by atoms with E-state index >= 15 is 0 Å². The van der Waals surface area contributed by atoms with Gasteiger partial charge in [-0.1, -0.05) is 48.1 Å². The molecule has 0 spiro atoms. The Kier molecular flexibility index (Phi) is 5.94. The van der Waals surface area contributed by atoms with E-state index in [0.29, 0.717) is 0 Å². The zero-order valence-corrected chi connectivity index (χ0v) is 20.8. The van der Waals surface area contributed by atoms with E-state index in [0.717, 1.165) is 52.8 Å². The summed E-state index contributed by atoms with van der Waals surface area (Å²) < 4.78 is 10.2. The first-order valence-electron chi connectivity index (χ1n) is 11.5. The Morgan fingerprint density at radius 1 is 1.03 bits per heavy atom. The van der Waals surface area contributed by atoms with Crippen LogP contribution >= 0.6 is 23.8 Å². The number of rotatable bonds is 5. The zero-order chi connectivity index (χ0) is 23.1. The van der Waals surface area contributed by atoms with E-state index in [1.165, 1.54) is 28.0 Å². The fourth-order valence-electron chi connectivity index (χ4n) is 4.86. The quantitative estimate of drug-likeness (QED) is 0.322. The minimum Gasteiger partial charge on any atom is -0.497 e. The lowest BCUT2D eigenvalue weighted by molar-refractivity contribution is 0.415. The molecule has 1 aliphatic rings. The number of thiocarbonyl (C=S) groups is 1. The van der Waals surface area contributed by atoms with Gasteiger partial charge < -0.3 is 14.6 Å². The average molecular weight is 478 g/mol. The molecule has 6 heteroatoms. The highest BCUT2D eigenvalue weighted by Gasteiger charge is 2.28. The van der Waals surface area contributed by atoms with E-state index in [2.05, 4.69) is 58.6 Å². The standard InChI is InChI=1S/C27H28ClN3OS/c1-17(2)29-26(33)25-24(19-9-13-21(32-3)14-10-19)22-6-4-5-15-30-23(16-31(25)27(22)30)18-7-11-20(28)12-8-18/h7-14,16-17H,4-6,15H2,1-3H3,(H,29,33). The molecule has 0 bridgehead atoms. The van der Waals surface area contributed by atoms with Gasteiger partial charge in [0.2, 0.25) is 0 Å². The van der Waals surface area contributed by atoms with Gasteiger partial charge in [0.05, 0.1) is 18.5 Å². The molecule has 0 amide bonds. The molecule has 0 radical (unpaired) electrons. The number of imidazole rings is 1. The van der Waals surface area contributed by atoms with Gasteiger partial charge >= 0.3 is 0 Å². The highest BCUT2D eigenvalue weighted by molar-refractivity contribution is 7.80. The number of nitrogens with zero attached hydrogens (tertiary/aromatic N) is 2. The molecule has 4 nitrogen and oxygen atoms in total. The van der Waals surface area contributed by atoms with Crippen molar-refractivity contribution >= 4 is 34.5 Å². The highest BCUT2D eigenvalue weighted by atomic mass is 35.5. The second kappa shape index (κ2) is 8.88. The van der Waals surface area contributed by atoms with E-state index in [9.17, 15) is 0 Å². The van der Waals surface area contributed by atoms with Gasteiger partial charge in [0.25, 0.3) is 0 Å². The van der Waals surface area contributed by atoms with E-state index < -0.39 is 0 Å². The lowest BCUT2D eigenvalue weighted by atomic mass is 9.97. The van der Waals surface area contributed by atoms with Crippen molar-refractivity contribution in [2.45, 2.75) is 45.7 Å². The minimum atomic E-state index is 0.251. The predicted octanol–water partition coefficient (Wildman–Crippen LogP) is 6.75. The molecule has 1 aliphatic heterocycles. The second-order valence-electron chi connectivity index (χ2n) is 8.88. The Hall–Kier alpha value is -2.76. The molecular weight excluding hydrogens is 450 g/mol. The number of aromatic nitrogens is 2. The molecule has 2 aromatic carbocycles. The van der Waals surface area contributed by atoms with Crippen LogP contribution < -0.4 is 10.1 Å². The van der Waals surface area contributed by atoms with Gasteiger partial charge in [-0.05, 0) is 68.5 Å². The van der Waals surface area contributed by atoms with Crippen molar-refractivity contribution in [3.63, 3.8) is 0 Å². The van der Waals surface area contributed by atoms with Crippen LogP contribution in [-0.2, 0) is 13.0 Å². The number of hydrogen-bond acceptors (Lipinski definition) is 2. The number of hydrogen-bond donors (Lipinski definition) is 1. The largest absolute Gasteiger partial charge is 0.497 e. The van der Waals surface area contributed by atoms with Crippen molar-refractivity contribution in [1.82, 2.24) is 14.3 Å². The van der Waals surface area contributed by atoms with Crippen molar-refractivity contribution in [3.05, 3.63) is 71.0 Å². The van der Waals surface area contributed by atoms with Crippen molar-refractivity contribution in [3.8, 4) is 28.1 Å². The van der Waals surface area contributed by atoms with Crippen molar-refractivity contribution < 1.29 is 4.74 Å². The summed E-state index contributed by atoms with van der Waals surface area (Å²) in [7, 11) is 1.70. The minimum absolute atomic E-state index is 0.251. The van der Waals surface area contributed by atoms with Crippen LogP contribution in [0.1, 0.15) is 37.9 Å². The third-order valence-corrected chi connectivity index (χ3v) is 6.85. The number of aryl methyl sites for hydroxylation is 2. The van der Waals surface area contributed by atoms with Crippen LogP contribution in [0, 0.1) is 0 Å². The maximum Gasteiger partial charge on any atom is 0.124 e. The maximum atomic E-state index is 6.17. The molecule has 0 saturated carbocycles. The van der Waals surface area contributed by atoms with Gasteiger partial charge in [-0.15, -0.1) is 0 Å². The molecule has 0 unspecified atom stereocenters. The first-order chi connectivity index (χ1) is 16.0. The first kappa shape index (κ1) is 22.1. The van der Waals surface area contributed by atoms with Gasteiger partial charge in [0, 0.05) is 34.9 Å². The van der Waals surface area contributed by atoms with Gasteiger partial charge in [0.1, 0.15) is 16.4 Å². The van der Waals surface area contributed by atoms with Gasteiger partial charge in [-0.2, -0.15) is 0 Å². The summed E-state index contributed by atoms with van der Waals surface area (Å²) in [5.41, 5.74) is 8.41. The van der Waals surface area contributed by atoms with Crippen LogP contribution in [0.3, 0.4) is 0 Å². The zero-order valence-electron chi connectivity index (χ0n) is 19.2. The summed E-state index contributed by atoms with van der Waals surface area (Å²) in [5.74, 6) is 0.854. The molecule has 0 atom stereocenters. The van der Waals surface area contributed by atoms with Crippen LogP contribution in [0.2, 0.25) is 5.02 Å². The van der Waals surface area contributed by atoms with Crippen molar-refractivity contribution in [1.29, 1.82) is 0 Å². The fraction of sp³-hybridized carbons (Fsp3) is 0.296.